The van der Waals surface area contributed by atoms with Crippen molar-refractivity contribution in [3.63, 3.8) is 0 Å². The van der Waals surface area contributed by atoms with Crippen LogP contribution in [0.5, 0.6) is 0 Å². The van der Waals surface area contributed by atoms with Crippen molar-refractivity contribution in [2.75, 3.05) is 31.0 Å². The average Bonchev–Trinajstić information content (AvgIpc) is 2.28. The van der Waals surface area contributed by atoms with Crippen LogP contribution in [0, 0.1) is 5.82 Å². The highest BCUT2D eigenvalue weighted by atomic mass is 79.9. The predicted molar refractivity (Wildman–Crippen MR) is 57.1 cm³/mol. The Morgan fingerprint density at radius 1 is 1.43 bits per heavy atom. The van der Waals surface area contributed by atoms with E-state index in [1.54, 1.807) is 0 Å². The van der Waals surface area contributed by atoms with Crippen LogP contribution in [-0.4, -0.2) is 26.1 Å². The van der Waals surface area contributed by atoms with Gasteiger partial charge < -0.3 is 9.64 Å². The third-order valence-electron chi connectivity index (χ3n) is 1.57. The Kier molecular flexibility index (Phi) is 1.25. The molecule has 1 aliphatic rings. The molecule has 0 amide bonds. The number of rotatable bonds is 1. The van der Waals surface area contributed by atoms with E-state index in [2.05, 4.69) is 20.7 Å². The number of nitrogens with zero attached hydrogens (tertiary/aromatic N) is 1. The Morgan fingerprint density at radius 3 is 2.79 bits per heavy atom. The predicted octanol–water partition coefficient (Wildman–Crippen LogP) is 2.42. The zero-order valence-corrected chi connectivity index (χ0v) is 8.43. The van der Waals surface area contributed by atoms with Gasteiger partial charge in [-0.2, -0.15) is 0 Å². The molecule has 1 heterocycles. The molecule has 0 atom stereocenters. The molecule has 0 saturated carbocycles. The van der Waals surface area contributed by atoms with Crippen molar-refractivity contribution in [1.29, 1.82) is 0 Å². The van der Waals surface area contributed by atoms with Crippen LogP contribution in [0.1, 0.15) is 11.0 Å². The minimum atomic E-state index is -3.21. The number of hydrogen-bond donors (Lipinski definition) is 0. The zero-order valence-electron chi connectivity index (χ0n) is 14.8. The first-order chi connectivity index (χ1) is 9.74. The van der Waals surface area contributed by atoms with Gasteiger partial charge in [0.2, 0.25) is 0 Å². The van der Waals surface area contributed by atoms with Crippen LogP contribution in [0.2, 0.25) is 0 Å². The van der Waals surface area contributed by atoms with Crippen molar-refractivity contribution in [2.45, 2.75) is 0 Å². The second-order valence-electron chi connectivity index (χ2n) is 2.46. The molecule has 0 aromatic heterocycles. The maximum absolute atomic E-state index is 14.1. The standard InChI is InChI=1S/C10H11BrFNO/c11-8-1-2-10(9(12)7-8)13-3-5-14-6-4-13/h1-2,7H,3-6H2/i3D2,4D2,5D2,6D2. The maximum Gasteiger partial charge on any atom is 0.147 e. The summed E-state index contributed by atoms with van der Waals surface area (Å²) in [5.74, 6) is -1.03. The number of halogens is 2. The Hall–Kier alpha value is -0.610. The van der Waals surface area contributed by atoms with Gasteiger partial charge in [-0.3, -0.25) is 0 Å². The third-order valence-corrected chi connectivity index (χ3v) is 2.06. The molecule has 0 radical (unpaired) electrons. The molecule has 2 nitrogen and oxygen atoms in total. The highest BCUT2D eigenvalue weighted by Gasteiger charge is 2.14. The normalized spacial score (nSPS) is 40.0. The van der Waals surface area contributed by atoms with Gasteiger partial charge in [-0.25, -0.2) is 4.39 Å². The van der Waals surface area contributed by atoms with Crippen LogP contribution in [-0.2, 0) is 4.74 Å². The topological polar surface area (TPSA) is 12.5 Å². The van der Waals surface area contributed by atoms with Crippen LogP contribution in [0.25, 0.3) is 0 Å². The van der Waals surface area contributed by atoms with Gasteiger partial charge in [0.1, 0.15) is 5.82 Å². The van der Waals surface area contributed by atoms with E-state index in [0.29, 0.717) is 4.47 Å². The molecule has 76 valence electrons. The number of morpholine rings is 1. The number of anilines is 1. The molecule has 1 aromatic carbocycles. The monoisotopic (exact) mass is 267 g/mol. The van der Waals surface area contributed by atoms with Crippen molar-refractivity contribution in [2.24, 2.45) is 0 Å². The summed E-state index contributed by atoms with van der Waals surface area (Å²) >= 11 is 3.00. The molecule has 1 fully saturated rings. The van der Waals surface area contributed by atoms with Crippen molar-refractivity contribution < 1.29 is 20.1 Å². The maximum atomic E-state index is 14.1. The fourth-order valence-corrected chi connectivity index (χ4v) is 1.31. The van der Waals surface area contributed by atoms with E-state index in [1.807, 2.05) is 0 Å². The lowest BCUT2D eigenvalue weighted by atomic mass is 10.2. The second-order valence-corrected chi connectivity index (χ2v) is 3.38. The second kappa shape index (κ2) is 4.28. The van der Waals surface area contributed by atoms with Gasteiger partial charge in [0.25, 0.3) is 0 Å². The lowest BCUT2D eigenvalue weighted by Gasteiger charge is -2.29. The molecule has 0 bridgehead atoms. The van der Waals surface area contributed by atoms with E-state index in [9.17, 15) is 4.39 Å². The van der Waals surface area contributed by atoms with Gasteiger partial charge in [-0.15, -0.1) is 0 Å². The summed E-state index contributed by atoms with van der Waals surface area (Å²) in [6.07, 6.45) is 0. The van der Waals surface area contributed by atoms with Crippen LogP contribution >= 0.6 is 15.9 Å². The van der Waals surface area contributed by atoms with E-state index in [1.165, 1.54) is 6.07 Å². The fourth-order valence-electron chi connectivity index (χ4n) is 0.973. The highest BCUT2D eigenvalue weighted by Crippen LogP contribution is 2.23. The zero-order chi connectivity index (χ0) is 17.1. The number of hydrogen-bond acceptors (Lipinski definition) is 2. The summed E-state index contributed by atoms with van der Waals surface area (Å²) in [6.45, 7) is -12.7. The van der Waals surface area contributed by atoms with Gasteiger partial charge >= 0.3 is 0 Å². The summed E-state index contributed by atoms with van der Waals surface area (Å²) in [6, 6.07) is 3.29. The van der Waals surface area contributed by atoms with Crippen molar-refractivity contribution in [3.8, 4) is 0 Å². The Bertz CT molecular complexity index is 585. The van der Waals surface area contributed by atoms with Gasteiger partial charge in [-0.1, -0.05) is 15.9 Å². The molecule has 0 spiro atoms. The van der Waals surface area contributed by atoms with Gasteiger partial charge in [0, 0.05) is 17.5 Å². The number of benzene rings is 1. The van der Waals surface area contributed by atoms with Crippen LogP contribution < -0.4 is 4.90 Å². The first-order valence-corrected chi connectivity index (χ1v) is 4.49. The molecular weight excluding hydrogens is 249 g/mol. The molecular formula is C10H11BrFNO. The highest BCUT2D eigenvalue weighted by molar-refractivity contribution is 9.10. The summed E-state index contributed by atoms with van der Waals surface area (Å²) in [5.41, 5.74) is -0.616. The summed E-state index contributed by atoms with van der Waals surface area (Å²) in [5, 5.41) is 0. The number of ether oxygens (including phenoxy) is 1. The van der Waals surface area contributed by atoms with Crippen molar-refractivity contribution >= 4 is 21.6 Å². The van der Waals surface area contributed by atoms with Crippen LogP contribution in [0.4, 0.5) is 10.1 Å². The molecule has 0 aliphatic carbocycles. The minimum Gasteiger partial charge on any atom is -0.378 e. The molecule has 4 heteroatoms. The molecule has 1 aromatic rings. The molecule has 1 aliphatic heterocycles. The van der Waals surface area contributed by atoms with E-state index >= 15 is 0 Å². The SMILES string of the molecule is [2H]C1([2H])OC([2H])([2H])C([2H])([2H])N(c2ccc(Br)cc2F)C1([2H])[2H]. The van der Waals surface area contributed by atoms with Crippen molar-refractivity contribution in [3.05, 3.63) is 28.5 Å². The van der Waals surface area contributed by atoms with E-state index in [4.69, 9.17) is 11.0 Å². The summed E-state index contributed by atoms with van der Waals surface area (Å²) in [7, 11) is 0. The van der Waals surface area contributed by atoms with Gasteiger partial charge in [0.05, 0.1) is 29.8 Å². The smallest absolute Gasteiger partial charge is 0.147 e. The molecule has 0 unspecified atom stereocenters. The molecule has 14 heavy (non-hydrogen) atoms. The molecule has 1 saturated heterocycles. The van der Waals surface area contributed by atoms with Gasteiger partial charge in [-0.05, 0) is 18.2 Å². The summed E-state index contributed by atoms with van der Waals surface area (Å²) in [4.78, 5) is 0.102. The third kappa shape index (κ3) is 2.07. The largest absolute Gasteiger partial charge is 0.378 e. The lowest BCUT2D eigenvalue weighted by Crippen LogP contribution is -2.36. The summed E-state index contributed by atoms with van der Waals surface area (Å²) < 4.78 is 80.2. The first kappa shape index (κ1) is 4.10. The molecule has 2 rings (SSSR count). The van der Waals surface area contributed by atoms with E-state index in [0.717, 1.165) is 12.1 Å². The van der Waals surface area contributed by atoms with Gasteiger partial charge in [0.15, 0.2) is 0 Å². The van der Waals surface area contributed by atoms with E-state index < -0.39 is 37.6 Å². The Morgan fingerprint density at radius 2 is 2.14 bits per heavy atom. The lowest BCUT2D eigenvalue weighted by molar-refractivity contribution is 0.122. The van der Waals surface area contributed by atoms with Crippen LogP contribution in [0.15, 0.2) is 22.7 Å². The van der Waals surface area contributed by atoms with Crippen LogP contribution in [0.3, 0.4) is 0 Å². The Labute approximate surface area is 102 Å². The Balaban J connectivity index is 2.72. The first-order valence-electron chi connectivity index (χ1n) is 7.70. The average molecular weight is 268 g/mol. The quantitative estimate of drug-likeness (QED) is 0.775. The molecule has 0 N–H and O–H groups in total. The fraction of sp³-hybridized carbons (Fsp3) is 0.400. The van der Waals surface area contributed by atoms with E-state index in [-0.39, 0.29) is 4.90 Å². The minimum absolute atomic E-state index is 0.102. The van der Waals surface area contributed by atoms with Crippen molar-refractivity contribution in [1.82, 2.24) is 0 Å².